The number of rotatable bonds is 2. The van der Waals surface area contributed by atoms with Crippen molar-refractivity contribution in [3.05, 3.63) is 33.6 Å². The van der Waals surface area contributed by atoms with Gasteiger partial charge in [-0.15, -0.1) is 0 Å². The highest BCUT2D eigenvalue weighted by Crippen LogP contribution is 2.29. The van der Waals surface area contributed by atoms with Gasteiger partial charge in [0.25, 0.3) is 5.69 Å². The Kier molecular flexibility index (Phi) is 2.51. The molecule has 0 aromatic carbocycles. The SMILES string of the molecule is Cc1cc([N+](=O)[O-])cnc1-c1c(C)n[nH]c1N. The van der Waals surface area contributed by atoms with Crippen LogP contribution in [0.5, 0.6) is 0 Å². The third kappa shape index (κ3) is 1.82. The molecular weight excluding hydrogens is 222 g/mol. The summed E-state index contributed by atoms with van der Waals surface area (Å²) in [6.07, 6.45) is 1.22. The van der Waals surface area contributed by atoms with Gasteiger partial charge in [0.1, 0.15) is 12.0 Å². The first-order valence-corrected chi connectivity index (χ1v) is 4.92. The van der Waals surface area contributed by atoms with Crippen LogP contribution in [0.2, 0.25) is 0 Å². The molecule has 0 spiro atoms. The fourth-order valence-electron chi connectivity index (χ4n) is 1.67. The first-order chi connectivity index (χ1) is 8.00. The summed E-state index contributed by atoms with van der Waals surface area (Å²) >= 11 is 0. The van der Waals surface area contributed by atoms with Crippen LogP contribution in [0.1, 0.15) is 11.3 Å². The van der Waals surface area contributed by atoms with Gasteiger partial charge in [0.05, 0.1) is 21.9 Å². The molecule has 0 aliphatic rings. The number of hydrogen-bond donors (Lipinski definition) is 2. The van der Waals surface area contributed by atoms with Gasteiger partial charge in [-0.3, -0.25) is 15.2 Å². The molecule has 2 heterocycles. The maximum atomic E-state index is 10.6. The van der Waals surface area contributed by atoms with Crippen molar-refractivity contribution in [1.82, 2.24) is 15.2 Å². The van der Waals surface area contributed by atoms with E-state index < -0.39 is 4.92 Å². The number of anilines is 1. The predicted molar refractivity (Wildman–Crippen MR) is 62.4 cm³/mol. The van der Waals surface area contributed by atoms with E-state index in [1.807, 2.05) is 0 Å². The van der Waals surface area contributed by atoms with Gasteiger partial charge < -0.3 is 5.73 Å². The quantitative estimate of drug-likeness (QED) is 0.604. The second-order valence-corrected chi connectivity index (χ2v) is 3.71. The van der Waals surface area contributed by atoms with Crippen LogP contribution in [-0.4, -0.2) is 20.1 Å². The summed E-state index contributed by atoms with van der Waals surface area (Å²) in [4.78, 5) is 14.2. The number of aryl methyl sites for hydroxylation is 2. The molecule has 2 rings (SSSR count). The number of nitrogen functional groups attached to an aromatic ring is 1. The highest BCUT2D eigenvalue weighted by Gasteiger charge is 2.16. The topological polar surface area (TPSA) is 111 Å². The number of nitrogens with zero attached hydrogens (tertiary/aromatic N) is 3. The van der Waals surface area contributed by atoms with E-state index in [0.717, 1.165) is 0 Å². The van der Waals surface area contributed by atoms with E-state index in [1.54, 1.807) is 13.8 Å². The summed E-state index contributed by atoms with van der Waals surface area (Å²) in [5, 5.41) is 17.2. The van der Waals surface area contributed by atoms with E-state index in [1.165, 1.54) is 12.3 Å². The van der Waals surface area contributed by atoms with Gasteiger partial charge in [0.15, 0.2) is 0 Å². The summed E-state index contributed by atoms with van der Waals surface area (Å²) < 4.78 is 0. The van der Waals surface area contributed by atoms with Crippen molar-refractivity contribution in [1.29, 1.82) is 0 Å². The number of nitrogens with two attached hydrogens (primary N) is 1. The van der Waals surface area contributed by atoms with Crippen LogP contribution in [0.25, 0.3) is 11.3 Å². The van der Waals surface area contributed by atoms with Gasteiger partial charge >= 0.3 is 0 Å². The van der Waals surface area contributed by atoms with Crippen LogP contribution in [-0.2, 0) is 0 Å². The average Bonchev–Trinajstić information content (AvgIpc) is 2.59. The van der Waals surface area contributed by atoms with Crippen molar-refractivity contribution in [2.45, 2.75) is 13.8 Å². The number of aromatic nitrogens is 3. The van der Waals surface area contributed by atoms with E-state index >= 15 is 0 Å². The van der Waals surface area contributed by atoms with Gasteiger partial charge in [-0.05, 0) is 19.4 Å². The van der Waals surface area contributed by atoms with E-state index in [0.29, 0.717) is 28.3 Å². The average molecular weight is 233 g/mol. The van der Waals surface area contributed by atoms with Crippen molar-refractivity contribution in [3.63, 3.8) is 0 Å². The summed E-state index contributed by atoms with van der Waals surface area (Å²) in [5.74, 6) is 0.409. The van der Waals surface area contributed by atoms with Crippen molar-refractivity contribution in [2.24, 2.45) is 0 Å². The Hall–Kier alpha value is -2.44. The van der Waals surface area contributed by atoms with Gasteiger partial charge in [0.2, 0.25) is 0 Å². The molecule has 0 bridgehead atoms. The van der Waals surface area contributed by atoms with Crippen LogP contribution >= 0.6 is 0 Å². The lowest BCUT2D eigenvalue weighted by Crippen LogP contribution is -1.96. The molecule has 3 N–H and O–H groups in total. The Bertz CT molecular complexity index is 571. The van der Waals surface area contributed by atoms with Crippen LogP contribution in [0, 0.1) is 24.0 Å². The number of pyridine rings is 1. The molecule has 2 aromatic heterocycles. The largest absolute Gasteiger partial charge is 0.384 e. The van der Waals surface area contributed by atoms with Crippen LogP contribution in [0.3, 0.4) is 0 Å². The van der Waals surface area contributed by atoms with E-state index in [9.17, 15) is 10.1 Å². The molecule has 17 heavy (non-hydrogen) atoms. The Morgan fingerprint density at radius 3 is 2.65 bits per heavy atom. The zero-order valence-electron chi connectivity index (χ0n) is 9.39. The standard InChI is InChI=1S/C10H11N5O2/c1-5-3-7(15(16)17)4-12-9(5)8-6(2)13-14-10(8)11/h3-4H,1-2H3,(H3,11,13,14). The fourth-order valence-corrected chi connectivity index (χ4v) is 1.67. The Morgan fingerprint density at radius 1 is 1.47 bits per heavy atom. The highest BCUT2D eigenvalue weighted by molar-refractivity contribution is 5.75. The number of nitrogens with one attached hydrogen (secondary N) is 1. The lowest BCUT2D eigenvalue weighted by Gasteiger charge is -2.04. The summed E-state index contributed by atoms with van der Waals surface area (Å²) in [6, 6.07) is 1.47. The Balaban J connectivity index is 2.58. The number of H-pyrrole nitrogens is 1. The normalized spacial score (nSPS) is 10.5. The number of hydrogen-bond acceptors (Lipinski definition) is 5. The van der Waals surface area contributed by atoms with Crippen molar-refractivity contribution in [2.75, 3.05) is 5.73 Å². The number of aromatic amines is 1. The minimum atomic E-state index is -0.477. The first kappa shape index (κ1) is 11.1. The van der Waals surface area contributed by atoms with Gasteiger partial charge in [-0.2, -0.15) is 5.10 Å². The van der Waals surface area contributed by atoms with Gasteiger partial charge in [0, 0.05) is 6.07 Å². The van der Waals surface area contributed by atoms with E-state index in [4.69, 9.17) is 5.73 Å². The molecule has 0 saturated carbocycles. The summed E-state index contributed by atoms with van der Waals surface area (Å²) in [7, 11) is 0. The lowest BCUT2D eigenvalue weighted by atomic mass is 10.1. The van der Waals surface area contributed by atoms with E-state index in [2.05, 4.69) is 15.2 Å². The van der Waals surface area contributed by atoms with Crippen molar-refractivity contribution in [3.8, 4) is 11.3 Å². The lowest BCUT2D eigenvalue weighted by molar-refractivity contribution is -0.385. The van der Waals surface area contributed by atoms with Crippen LogP contribution < -0.4 is 5.73 Å². The summed E-state index contributed by atoms with van der Waals surface area (Å²) in [5.41, 5.74) is 8.42. The molecule has 0 saturated heterocycles. The van der Waals surface area contributed by atoms with Crippen molar-refractivity contribution < 1.29 is 4.92 Å². The molecule has 7 nitrogen and oxygen atoms in total. The molecule has 0 radical (unpaired) electrons. The van der Waals surface area contributed by atoms with Crippen LogP contribution in [0.15, 0.2) is 12.3 Å². The second-order valence-electron chi connectivity index (χ2n) is 3.71. The van der Waals surface area contributed by atoms with E-state index in [-0.39, 0.29) is 5.69 Å². The van der Waals surface area contributed by atoms with Crippen LogP contribution in [0.4, 0.5) is 11.5 Å². The molecule has 7 heteroatoms. The van der Waals surface area contributed by atoms with Gasteiger partial charge in [-0.25, -0.2) is 4.98 Å². The third-order valence-corrected chi connectivity index (χ3v) is 2.49. The predicted octanol–water partition coefficient (Wildman–Crippen LogP) is 1.58. The molecule has 88 valence electrons. The van der Waals surface area contributed by atoms with Gasteiger partial charge in [-0.1, -0.05) is 0 Å². The fraction of sp³-hybridized carbons (Fsp3) is 0.200. The monoisotopic (exact) mass is 233 g/mol. The molecule has 2 aromatic rings. The molecule has 0 unspecified atom stereocenters. The smallest absolute Gasteiger partial charge is 0.287 e. The molecule has 0 atom stereocenters. The Labute approximate surface area is 96.8 Å². The maximum absolute atomic E-state index is 10.6. The third-order valence-electron chi connectivity index (χ3n) is 2.49. The first-order valence-electron chi connectivity index (χ1n) is 4.92. The zero-order chi connectivity index (χ0) is 12.6. The Morgan fingerprint density at radius 2 is 2.18 bits per heavy atom. The highest BCUT2D eigenvalue weighted by atomic mass is 16.6. The number of nitro groups is 1. The zero-order valence-corrected chi connectivity index (χ0v) is 9.39. The minimum absolute atomic E-state index is 0.0361. The summed E-state index contributed by atoms with van der Waals surface area (Å²) in [6.45, 7) is 3.55. The molecular formula is C10H11N5O2. The second kappa shape index (κ2) is 3.85. The molecule has 0 aliphatic carbocycles. The molecule has 0 aliphatic heterocycles. The molecule has 0 amide bonds. The minimum Gasteiger partial charge on any atom is -0.384 e. The maximum Gasteiger partial charge on any atom is 0.287 e. The van der Waals surface area contributed by atoms with Crippen molar-refractivity contribution >= 4 is 11.5 Å². The molecule has 0 fully saturated rings.